The fraction of sp³-hybridized carbons (Fsp3) is 0.385. The molecule has 0 saturated carbocycles. The van der Waals surface area contributed by atoms with Crippen LogP contribution in [-0.2, 0) is 4.79 Å². The van der Waals surface area contributed by atoms with Gasteiger partial charge in [-0.15, -0.1) is 0 Å². The summed E-state index contributed by atoms with van der Waals surface area (Å²) in [5, 5.41) is 22.0. The Balaban J connectivity index is 2.83. The highest BCUT2D eigenvalue weighted by Gasteiger charge is 2.25. The van der Waals surface area contributed by atoms with E-state index in [9.17, 15) is 19.7 Å². The molecule has 0 aliphatic carbocycles. The maximum atomic E-state index is 11.9. The smallest absolute Gasteiger partial charge is 0.326 e. The molecule has 7 nitrogen and oxygen atoms in total. The molecule has 2 N–H and O–H groups in total. The zero-order valence-corrected chi connectivity index (χ0v) is 11.2. The number of carbonyl (C=O) groups is 2. The molecule has 0 aliphatic rings. The number of hydrogen-bond acceptors (Lipinski definition) is 4. The number of nitrogens with zero attached hydrogens (tertiary/aromatic N) is 1. The summed E-state index contributed by atoms with van der Waals surface area (Å²) in [7, 11) is 0. The third kappa shape index (κ3) is 3.78. The van der Waals surface area contributed by atoms with E-state index >= 15 is 0 Å². The lowest BCUT2D eigenvalue weighted by Crippen LogP contribution is -2.45. The van der Waals surface area contributed by atoms with Crippen LogP contribution < -0.4 is 5.32 Å². The lowest BCUT2D eigenvalue weighted by Gasteiger charge is -2.20. The highest BCUT2D eigenvalue weighted by atomic mass is 16.6. The van der Waals surface area contributed by atoms with Crippen molar-refractivity contribution in [2.75, 3.05) is 0 Å². The second-order valence-corrected chi connectivity index (χ2v) is 4.48. The highest BCUT2D eigenvalue weighted by molar-refractivity contribution is 5.96. The molecule has 0 unspecified atom stereocenters. The molecule has 7 heteroatoms. The van der Waals surface area contributed by atoms with Crippen LogP contribution in [0.5, 0.6) is 0 Å². The molecule has 0 radical (unpaired) electrons. The first-order chi connectivity index (χ1) is 9.36. The van der Waals surface area contributed by atoms with Crippen molar-refractivity contribution in [3.63, 3.8) is 0 Å². The largest absolute Gasteiger partial charge is 0.480 e. The van der Waals surface area contributed by atoms with Crippen molar-refractivity contribution in [3.05, 3.63) is 39.9 Å². The van der Waals surface area contributed by atoms with Crippen LogP contribution in [0.3, 0.4) is 0 Å². The molecular weight excluding hydrogens is 264 g/mol. The van der Waals surface area contributed by atoms with Crippen molar-refractivity contribution in [3.8, 4) is 0 Å². The van der Waals surface area contributed by atoms with Gasteiger partial charge in [0.05, 0.1) is 4.92 Å². The SMILES string of the molecule is CC[C@H](C)[C@H](NC(=O)c1ccc([N+](=O)[O-])cc1)C(=O)O. The Kier molecular flexibility index (Phi) is 5.19. The van der Waals surface area contributed by atoms with Crippen LogP contribution in [0, 0.1) is 16.0 Å². The summed E-state index contributed by atoms with van der Waals surface area (Å²) in [4.78, 5) is 33.0. The van der Waals surface area contributed by atoms with Crippen LogP contribution in [-0.4, -0.2) is 27.9 Å². The topological polar surface area (TPSA) is 110 Å². The number of nitro groups is 1. The molecule has 0 heterocycles. The predicted molar refractivity (Wildman–Crippen MR) is 71.4 cm³/mol. The van der Waals surface area contributed by atoms with E-state index < -0.39 is 22.8 Å². The Labute approximate surface area is 115 Å². The Bertz CT molecular complexity index is 512. The van der Waals surface area contributed by atoms with E-state index in [1.165, 1.54) is 24.3 Å². The van der Waals surface area contributed by atoms with Gasteiger partial charge in [-0.1, -0.05) is 20.3 Å². The summed E-state index contributed by atoms with van der Waals surface area (Å²) in [6.45, 7) is 3.56. The van der Waals surface area contributed by atoms with Crippen molar-refractivity contribution in [1.29, 1.82) is 0 Å². The van der Waals surface area contributed by atoms with Crippen molar-refractivity contribution in [2.45, 2.75) is 26.3 Å². The molecular formula is C13H16N2O5. The van der Waals surface area contributed by atoms with Gasteiger partial charge in [-0.25, -0.2) is 4.79 Å². The first-order valence-electron chi connectivity index (χ1n) is 6.15. The minimum Gasteiger partial charge on any atom is -0.480 e. The number of nitro benzene ring substituents is 1. The average Bonchev–Trinajstić information content (AvgIpc) is 2.43. The van der Waals surface area contributed by atoms with Crippen molar-refractivity contribution < 1.29 is 19.6 Å². The normalized spacial score (nSPS) is 13.3. The number of carboxylic acids is 1. The van der Waals surface area contributed by atoms with E-state index in [-0.39, 0.29) is 17.2 Å². The van der Waals surface area contributed by atoms with E-state index in [4.69, 9.17) is 5.11 Å². The van der Waals surface area contributed by atoms with Gasteiger partial charge in [-0.05, 0) is 18.1 Å². The molecule has 0 aliphatic heterocycles. The third-order valence-corrected chi connectivity index (χ3v) is 3.11. The molecule has 1 aromatic carbocycles. The molecule has 1 amide bonds. The summed E-state index contributed by atoms with van der Waals surface area (Å²) < 4.78 is 0. The third-order valence-electron chi connectivity index (χ3n) is 3.11. The Hall–Kier alpha value is -2.44. The zero-order valence-electron chi connectivity index (χ0n) is 11.2. The Morgan fingerprint density at radius 2 is 1.90 bits per heavy atom. The van der Waals surface area contributed by atoms with Gasteiger partial charge in [0, 0.05) is 17.7 Å². The summed E-state index contributed by atoms with van der Waals surface area (Å²) in [6, 6.07) is 4.01. The van der Waals surface area contributed by atoms with Crippen LogP contribution in [0.4, 0.5) is 5.69 Å². The van der Waals surface area contributed by atoms with Gasteiger partial charge in [0.25, 0.3) is 11.6 Å². The number of nitrogens with one attached hydrogen (secondary N) is 1. The number of rotatable bonds is 6. The highest BCUT2D eigenvalue weighted by Crippen LogP contribution is 2.13. The number of amides is 1. The average molecular weight is 280 g/mol. The number of hydrogen-bond donors (Lipinski definition) is 2. The summed E-state index contributed by atoms with van der Waals surface area (Å²) in [5.41, 5.74) is 0.0587. The number of aliphatic carboxylic acids is 1. The van der Waals surface area contributed by atoms with Crippen molar-refractivity contribution in [1.82, 2.24) is 5.32 Å². The molecule has 0 fully saturated rings. The summed E-state index contributed by atoms with van der Waals surface area (Å²) in [6.07, 6.45) is 0.609. The number of non-ortho nitro benzene ring substituents is 1. The molecule has 1 aromatic rings. The fourth-order valence-corrected chi connectivity index (χ4v) is 1.64. The number of carbonyl (C=O) groups excluding carboxylic acids is 1. The molecule has 1 rings (SSSR count). The van der Waals surface area contributed by atoms with E-state index in [0.717, 1.165) is 0 Å². The summed E-state index contributed by atoms with van der Waals surface area (Å²) in [5.74, 6) is -1.88. The molecule has 0 spiro atoms. The lowest BCUT2D eigenvalue weighted by molar-refractivity contribution is -0.384. The van der Waals surface area contributed by atoms with E-state index in [2.05, 4.69) is 5.32 Å². The quantitative estimate of drug-likeness (QED) is 0.610. The minimum absolute atomic E-state index is 0.127. The Morgan fingerprint density at radius 1 is 1.35 bits per heavy atom. The second kappa shape index (κ2) is 6.65. The van der Waals surface area contributed by atoms with Gasteiger partial charge in [0.1, 0.15) is 6.04 Å². The van der Waals surface area contributed by atoms with Gasteiger partial charge in [0.15, 0.2) is 0 Å². The van der Waals surface area contributed by atoms with Crippen molar-refractivity contribution >= 4 is 17.6 Å². The van der Waals surface area contributed by atoms with E-state index in [0.29, 0.717) is 6.42 Å². The maximum absolute atomic E-state index is 11.9. The summed E-state index contributed by atoms with van der Waals surface area (Å²) >= 11 is 0. The lowest BCUT2D eigenvalue weighted by atomic mass is 9.99. The number of benzene rings is 1. The van der Waals surface area contributed by atoms with Crippen LogP contribution in [0.2, 0.25) is 0 Å². The number of carboxylic acid groups (broad SMARTS) is 1. The van der Waals surface area contributed by atoms with Gasteiger partial charge >= 0.3 is 5.97 Å². The van der Waals surface area contributed by atoms with Crippen LogP contribution >= 0.6 is 0 Å². The Morgan fingerprint density at radius 3 is 2.30 bits per heavy atom. The van der Waals surface area contributed by atoms with E-state index in [1.54, 1.807) is 6.92 Å². The molecule has 108 valence electrons. The standard InChI is InChI=1S/C13H16N2O5/c1-3-8(2)11(13(17)18)14-12(16)9-4-6-10(7-5-9)15(19)20/h4-8,11H,3H2,1-2H3,(H,14,16)(H,17,18)/t8-,11-/m0/s1. The molecule has 0 saturated heterocycles. The predicted octanol–water partition coefficient (Wildman–Crippen LogP) is 1.82. The zero-order chi connectivity index (χ0) is 15.3. The second-order valence-electron chi connectivity index (χ2n) is 4.48. The van der Waals surface area contributed by atoms with Gasteiger partial charge in [0.2, 0.25) is 0 Å². The minimum atomic E-state index is -1.10. The first kappa shape index (κ1) is 15.6. The molecule has 0 aromatic heterocycles. The van der Waals surface area contributed by atoms with Gasteiger partial charge in [-0.2, -0.15) is 0 Å². The molecule has 0 bridgehead atoms. The molecule has 20 heavy (non-hydrogen) atoms. The van der Waals surface area contributed by atoms with Gasteiger partial charge < -0.3 is 10.4 Å². The first-order valence-corrected chi connectivity index (χ1v) is 6.15. The van der Waals surface area contributed by atoms with Crippen LogP contribution in [0.25, 0.3) is 0 Å². The van der Waals surface area contributed by atoms with Crippen LogP contribution in [0.1, 0.15) is 30.6 Å². The monoisotopic (exact) mass is 280 g/mol. The van der Waals surface area contributed by atoms with Crippen LogP contribution in [0.15, 0.2) is 24.3 Å². The molecule has 2 atom stereocenters. The maximum Gasteiger partial charge on any atom is 0.326 e. The van der Waals surface area contributed by atoms with Gasteiger partial charge in [-0.3, -0.25) is 14.9 Å². The van der Waals surface area contributed by atoms with E-state index in [1.807, 2.05) is 6.92 Å². The van der Waals surface area contributed by atoms with Crippen molar-refractivity contribution in [2.24, 2.45) is 5.92 Å². The fourth-order valence-electron chi connectivity index (χ4n) is 1.64.